The highest BCUT2D eigenvalue weighted by molar-refractivity contribution is 7.93. The van der Waals surface area contributed by atoms with E-state index in [2.05, 4.69) is 4.98 Å². The van der Waals surface area contributed by atoms with E-state index in [0.29, 0.717) is 17.7 Å². The Kier molecular flexibility index (Phi) is 5.19. The molecule has 1 aliphatic carbocycles. The van der Waals surface area contributed by atoms with Crippen LogP contribution in [0.5, 0.6) is 0 Å². The van der Waals surface area contributed by atoms with Gasteiger partial charge in [-0.1, -0.05) is 6.07 Å². The number of halogens is 3. The SMILES string of the molecule is CC1(S(=O)(=O)c2cccc(C(F)(F)F)c2)C(O)=C(O)OC(O)(c2cncc(C3CC3)c2)C1O. The van der Waals surface area contributed by atoms with Gasteiger partial charge in [0.15, 0.2) is 26.4 Å². The molecule has 2 aliphatic rings. The Bertz CT molecular complexity index is 1240. The summed E-state index contributed by atoms with van der Waals surface area (Å²) >= 11 is 0. The molecular weight excluding hydrogens is 467 g/mol. The minimum Gasteiger partial charge on any atom is -0.504 e. The topological polar surface area (TPSA) is 137 Å². The maximum Gasteiger partial charge on any atom is 0.416 e. The number of aliphatic hydroxyl groups is 4. The average molecular weight is 487 g/mol. The maximum absolute atomic E-state index is 13.4. The number of ether oxygens (including phenoxy) is 1. The van der Waals surface area contributed by atoms with E-state index in [-0.39, 0.29) is 11.5 Å². The molecule has 4 N–H and O–H groups in total. The van der Waals surface area contributed by atoms with Crippen molar-refractivity contribution in [2.24, 2.45) is 0 Å². The highest BCUT2D eigenvalue weighted by Crippen LogP contribution is 2.49. The number of aliphatic hydroxyl groups excluding tert-OH is 3. The Balaban J connectivity index is 1.87. The third-order valence-corrected chi connectivity index (χ3v) is 8.48. The molecule has 1 aromatic carbocycles. The zero-order valence-electron chi connectivity index (χ0n) is 17.1. The van der Waals surface area contributed by atoms with E-state index in [1.54, 1.807) is 0 Å². The van der Waals surface area contributed by atoms with Gasteiger partial charge in [0.1, 0.15) is 0 Å². The van der Waals surface area contributed by atoms with Gasteiger partial charge in [0.25, 0.3) is 5.79 Å². The van der Waals surface area contributed by atoms with Gasteiger partial charge in [-0.15, -0.1) is 0 Å². The fraction of sp³-hybridized carbons (Fsp3) is 0.381. The second-order valence-electron chi connectivity index (χ2n) is 8.27. The molecule has 1 fully saturated rings. The lowest BCUT2D eigenvalue weighted by atomic mass is 9.87. The Morgan fingerprint density at radius 2 is 1.82 bits per heavy atom. The fourth-order valence-corrected chi connectivity index (χ4v) is 5.66. The van der Waals surface area contributed by atoms with Crippen molar-refractivity contribution in [3.8, 4) is 0 Å². The average Bonchev–Trinajstić information content (AvgIpc) is 3.61. The van der Waals surface area contributed by atoms with Crippen molar-refractivity contribution in [2.75, 3.05) is 0 Å². The van der Waals surface area contributed by atoms with Crippen LogP contribution in [0.25, 0.3) is 0 Å². The molecule has 0 bridgehead atoms. The van der Waals surface area contributed by atoms with Crippen LogP contribution in [-0.4, -0.2) is 44.7 Å². The van der Waals surface area contributed by atoms with E-state index >= 15 is 0 Å². The fourth-order valence-electron chi connectivity index (χ4n) is 3.84. The van der Waals surface area contributed by atoms with Crippen molar-refractivity contribution in [2.45, 2.75) is 53.4 Å². The minimum absolute atomic E-state index is 0.152. The molecule has 4 rings (SSSR count). The van der Waals surface area contributed by atoms with Crippen LogP contribution in [0.3, 0.4) is 0 Å². The lowest BCUT2D eigenvalue weighted by Crippen LogP contribution is -2.62. The molecule has 0 spiro atoms. The van der Waals surface area contributed by atoms with Crippen molar-refractivity contribution in [3.05, 3.63) is 71.1 Å². The van der Waals surface area contributed by atoms with E-state index in [9.17, 15) is 42.0 Å². The molecule has 0 saturated heterocycles. The van der Waals surface area contributed by atoms with Crippen molar-refractivity contribution in [3.63, 3.8) is 0 Å². The molecule has 2 aromatic rings. The number of benzene rings is 1. The predicted octanol–water partition coefficient (Wildman–Crippen LogP) is 3.03. The molecule has 3 atom stereocenters. The minimum atomic E-state index is -5.05. The Morgan fingerprint density at radius 1 is 1.15 bits per heavy atom. The van der Waals surface area contributed by atoms with Crippen LogP contribution >= 0.6 is 0 Å². The zero-order valence-corrected chi connectivity index (χ0v) is 17.9. The molecule has 8 nitrogen and oxygen atoms in total. The first-order chi connectivity index (χ1) is 15.2. The van der Waals surface area contributed by atoms with Crippen LogP contribution < -0.4 is 0 Å². The summed E-state index contributed by atoms with van der Waals surface area (Å²) in [5, 5.41) is 42.9. The van der Waals surface area contributed by atoms with E-state index < -0.39 is 54.8 Å². The molecule has 1 saturated carbocycles. The lowest BCUT2D eigenvalue weighted by Gasteiger charge is -2.45. The molecule has 1 aliphatic heterocycles. The van der Waals surface area contributed by atoms with Crippen molar-refractivity contribution >= 4 is 9.84 Å². The summed E-state index contributed by atoms with van der Waals surface area (Å²) < 4.78 is 68.4. The molecule has 1 aromatic heterocycles. The number of rotatable bonds is 4. The van der Waals surface area contributed by atoms with Gasteiger partial charge >= 0.3 is 12.1 Å². The number of aromatic nitrogens is 1. The second-order valence-corrected chi connectivity index (χ2v) is 10.6. The summed E-state index contributed by atoms with van der Waals surface area (Å²) in [7, 11) is -5.05. The molecule has 0 radical (unpaired) electrons. The van der Waals surface area contributed by atoms with E-state index in [4.69, 9.17) is 4.74 Å². The third kappa shape index (κ3) is 3.52. The largest absolute Gasteiger partial charge is 0.504 e. The number of hydrogen-bond acceptors (Lipinski definition) is 8. The normalized spacial score (nSPS) is 28.5. The van der Waals surface area contributed by atoms with Crippen LogP contribution in [0.2, 0.25) is 0 Å². The van der Waals surface area contributed by atoms with Crippen LogP contribution in [0, 0.1) is 0 Å². The van der Waals surface area contributed by atoms with E-state index in [1.807, 2.05) is 0 Å². The Hall–Kier alpha value is -2.83. The summed E-state index contributed by atoms with van der Waals surface area (Å²) in [5.74, 6) is -5.52. The molecule has 2 heterocycles. The number of hydrogen-bond donors (Lipinski definition) is 4. The molecule has 3 unspecified atom stereocenters. The summed E-state index contributed by atoms with van der Waals surface area (Å²) in [4.78, 5) is 3.07. The van der Waals surface area contributed by atoms with Gasteiger partial charge in [-0.25, -0.2) is 8.42 Å². The van der Waals surface area contributed by atoms with E-state index in [0.717, 1.165) is 38.1 Å². The first-order valence-corrected chi connectivity index (χ1v) is 11.3. The predicted molar refractivity (Wildman–Crippen MR) is 107 cm³/mol. The molecule has 33 heavy (non-hydrogen) atoms. The monoisotopic (exact) mass is 487 g/mol. The summed E-state index contributed by atoms with van der Waals surface area (Å²) in [5.41, 5.74) is -0.806. The van der Waals surface area contributed by atoms with Crippen LogP contribution in [0.1, 0.15) is 42.4 Å². The number of pyridine rings is 1. The quantitative estimate of drug-likeness (QED) is 0.517. The molecule has 178 valence electrons. The first kappa shape index (κ1) is 23.3. The highest BCUT2D eigenvalue weighted by Gasteiger charge is 2.65. The van der Waals surface area contributed by atoms with Gasteiger partial charge in [0.2, 0.25) is 0 Å². The van der Waals surface area contributed by atoms with Crippen LogP contribution in [0.4, 0.5) is 13.2 Å². The summed E-state index contributed by atoms with van der Waals surface area (Å²) in [6.07, 6.45) is -3.01. The number of alkyl halides is 3. The third-order valence-electron chi connectivity index (χ3n) is 6.07. The van der Waals surface area contributed by atoms with Gasteiger partial charge < -0.3 is 25.2 Å². The summed E-state index contributed by atoms with van der Waals surface area (Å²) in [6.45, 7) is 0.768. The second kappa shape index (κ2) is 7.34. The number of sulfone groups is 1. The van der Waals surface area contributed by atoms with E-state index in [1.165, 1.54) is 12.3 Å². The van der Waals surface area contributed by atoms with Gasteiger partial charge in [-0.05, 0) is 55.5 Å². The Morgan fingerprint density at radius 3 is 2.42 bits per heavy atom. The van der Waals surface area contributed by atoms with Crippen LogP contribution in [0.15, 0.2) is 59.3 Å². The van der Waals surface area contributed by atoms with Crippen molar-refractivity contribution in [1.82, 2.24) is 4.98 Å². The van der Waals surface area contributed by atoms with Gasteiger partial charge in [0.05, 0.1) is 10.5 Å². The molecule has 12 heteroatoms. The van der Waals surface area contributed by atoms with Crippen LogP contribution in [-0.2, 0) is 26.5 Å². The van der Waals surface area contributed by atoms with Crippen molar-refractivity contribution in [1.29, 1.82) is 0 Å². The van der Waals surface area contributed by atoms with Gasteiger partial charge in [-0.2, -0.15) is 13.2 Å². The maximum atomic E-state index is 13.4. The van der Waals surface area contributed by atoms with Gasteiger partial charge in [0, 0.05) is 18.0 Å². The molecule has 0 amide bonds. The molecular formula is C21H20F3NO7S. The smallest absolute Gasteiger partial charge is 0.416 e. The number of nitrogens with zero attached hydrogens (tertiary/aromatic N) is 1. The lowest BCUT2D eigenvalue weighted by molar-refractivity contribution is -0.283. The Labute approximate surface area is 186 Å². The standard InChI is InChI=1S/C21H20F3NO7S/c1-19(33(30,31)15-4-2-3-13(8-15)21(22,23)24)16(26)17(27)32-20(29,18(19)28)14-7-12(9-25-10-14)11-5-6-11/h2-4,7-11,18,26-29H,5-6H2,1H3. The van der Waals surface area contributed by atoms with Crippen molar-refractivity contribution < 1.29 is 46.8 Å². The highest BCUT2D eigenvalue weighted by atomic mass is 32.2. The van der Waals surface area contributed by atoms with Gasteiger partial charge in [-0.3, -0.25) is 4.98 Å². The zero-order chi connectivity index (χ0) is 24.4. The summed E-state index contributed by atoms with van der Waals surface area (Å²) in [6, 6.07) is 4.10. The first-order valence-electron chi connectivity index (χ1n) is 9.82.